The Bertz CT molecular complexity index is 1750. The summed E-state index contributed by atoms with van der Waals surface area (Å²) in [5.41, 5.74) is 31.0. The van der Waals surface area contributed by atoms with Crippen molar-refractivity contribution in [1.29, 1.82) is 0 Å². The fourth-order valence-electron chi connectivity index (χ4n) is 4.07. The Morgan fingerprint density at radius 1 is 1.02 bits per heavy atom. The molecule has 4 rings (SSSR count). The topological polar surface area (TPSA) is 267 Å². The Morgan fingerprint density at radius 3 is 2.50 bits per heavy atom. The van der Waals surface area contributed by atoms with Gasteiger partial charge in [-0.2, -0.15) is 15.0 Å². The van der Waals surface area contributed by atoms with Gasteiger partial charge in [0.05, 0.1) is 36.4 Å². The molecule has 210 valence electrons. The maximum atomic E-state index is 12.9. The molecule has 0 atom stereocenters. The molecule has 0 unspecified atom stereocenters. The molecule has 42 heavy (non-hydrogen) atoms. The van der Waals surface area contributed by atoms with Gasteiger partial charge in [0.25, 0.3) is 5.91 Å². The van der Waals surface area contributed by atoms with Crippen molar-refractivity contribution in [1.82, 2.24) is 24.7 Å². The molecule has 1 amide bonds. The molecule has 0 aliphatic heterocycles. The zero-order valence-corrected chi connectivity index (χ0v) is 22.0. The van der Waals surface area contributed by atoms with Crippen molar-refractivity contribution in [2.75, 3.05) is 10.9 Å². The summed E-state index contributed by atoms with van der Waals surface area (Å²) in [4.78, 5) is 26.4. The molecular formula is C24H23N17O. The number of hydrazine groups is 1. The quantitative estimate of drug-likeness (QED) is 0.0481. The molecule has 3 heterocycles. The van der Waals surface area contributed by atoms with Crippen LogP contribution in [0.4, 0.5) is 5.69 Å². The number of nitrogens with two attached hydrogens (primary N) is 2. The van der Waals surface area contributed by atoms with Crippen LogP contribution >= 0.6 is 0 Å². The SMILES string of the molecule is [N-]=[N+]=NCc1nn(N)c(CN=[N+]=[N-])c1Cc1ccc(N(N)C(=O)/C=C/c2cnccc2-c2cnn(CN=[N+]=[N-])c2)cc1. The highest BCUT2D eigenvalue weighted by molar-refractivity contribution is 6.03. The van der Waals surface area contributed by atoms with Crippen molar-refractivity contribution in [3.05, 3.63) is 121 Å². The van der Waals surface area contributed by atoms with E-state index in [1.165, 1.54) is 10.8 Å². The van der Waals surface area contributed by atoms with E-state index in [-0.39, 0.29) is 19.8 Å². The van der Waals surface area contributed by atoms with E-state index >= 15 is 0 Å². The fraction of sp³-hybridized carbons (Fsp3) is 0.167. The Hall–Kier alpha value is -6.31. The highest BCUT2D eigenvalue weighted by Crippen LogP contribution is 2.25. The lowest BCUT2D eigenvalue weighted by Gasteiger charge is -2.15. The number of carbonyl (C=O) groups is 1. The first-order valence-electron chi connectivity index (χ1n) is 12.1. The highest BCUT2D eigenvalue weighted by Gasteiger charge is 2.17. The van der Waals surface area contributed by atoms with Gasteiger partial charge in [-0.25, -0.2) is 10.9 Å². The second kappa shape index (κ2) is 13.7. The Balaban J connectivity index is 1.49. The third kappa shape index (κ3) is 6.81. The fourth-order valence-corrected chi connectivity index (χ4v) is 4.07. The molecule has 0 aliphatic rings. The first-order chi connectivity index (χ1) is 20.4. The van der Waals surface area contributed by atoms with Crippen molar-refractivity contribution in [3.8, 4) is 11.1 Å². The lowest BCUT2D eigenvalue weighted by molar-refractivity contribution is -0.114. The number of nitrogen functional groups attached to an aromatic ring is 1. The Morgan fingerprint density at radius 2 is 1.76 bits per heavy atom. The van der Waals surface area contributed by atoms with Crippen LogP contribution in [0.3, 0.4) is 0 Å². The Labute approximate surface area is 237 Å². The van der Waals surface area contributed by atoms with Gasteiger partial charge in [-0.05, 0) is 52.0 Å². The van der Waals surface area contributed by atoms with Gasteiger partial charge in [0, 0.05) is 62.5 Å². The molecule has 4 N–H and O–H groups in total. The predicted octanol–water partition coefficient (Wildman–Crippen LogP) is 4.25. The average molecular weight is 566 g/mol. The monoisotopic (exact) mass is 565 g/mol. The summed E-state index contributed by atoms with van der Waals surface area (Å²) in [5.74, 6) is 11.6. The minimum atomic E-state index is -0.477. The molecule has 0 spiro atoms. The van der Waals surface area contributed by atoms with Crippen molar-refractivity contribution in [2.24, 2.45) is 21.2 Å². The number of anilines is 1. The summed E-state index contributed by atoms with van der Waals surface area (Å²) in [7, 11) is 0. The normalized spacial score (nSPS) is 10.5. The summed E-state index contributed by atoms with van der Waals surface area (Å²) in [6.07, 6.45) is 9.85. The molecular weight excluding hydrogens is 542 g/mol. The van der Waals surface area contributed by atoms with Crippen LogP contribution in [0.1, 0.15) is 28.1 Å². The average Bonchev–Trinajstić information content (AvgIpc) is 3.60. The van der Waals surface area contributed by atoms with Gasteiger partial charge in [-0.3, -0.25) is 14.5 Å². The third-order valence-electron chi connectivity index (χ3n) is 6.07. The van der Waals surface area contributed by atoms with E-state index in [1.807, 2.05) is 0 Å². The van der Waals surface area contributed by atoms with Crippen LogP contribution < -0.4 is 16.7 Å². The second-order valence-electron chi connectivity index (χ2n) is 8.58. The smallest absolute Gasteiger partial charge is 0.265 e. The summed E-state index contributed by atoms with van der Waals surface area (Å²) < 4.78 is 1.49. The maximum Gasteiger partial charge on any atom is 0.265 e. The van der Waals surface area contributed by atoms with E-state index in [0.29, 0.717) is 34.6 Å². The van der Waals surface area contributed by atoms with Crippen molar-refractivity contribution < 1.29 is 4.79 Å². The van der Waals surface area contributed by atoms with Gasteiger partial charge in [0.2, 0.25) is 0 Å². The number of azide groups is 3. The molecule has 4 aromatic rings. The van der Waals surface area contributed by atoms with E-state index in [0.717, 1.165) is 26.5 Å². The summed E-state index contributed by atoms with van der Waals surface area (Å²) in [5, 5.41) is 20.0. The number of pyridine rings is 1. The lowest BCUT2D eigenvalue weighted by atomic mass is 10.0. The van der Waals surface area contributed by atoms with Gasteiger partial charge in [-0.1, -0.05) is 27.5 Å². The van der Waals surface area contributed by atoms with Crippen LogP contribution in [0.5, 0.6) is 0 Å². The molecule has 0 saturated carbocycles. The van der Waals surface area contributed by atoms with E-state index in [1.54, 1.807) is 61.2 Å². The van der Waals surface area contributed by atoms with E-state index in [9.17, 15) is 4.79 Å². The van der Waals surface area contributed by atoms with Gasteiger partial charge in [0.15, 0.2) is 0 Å². The molecule has 0 saturated heterocycles. The van der Waals surface area contributed by atoms with E-state index < -0.39 is 5.91 Å². The molecule has 0 fully saturated rings. The largest absolute Gasteiger partial charge is 0.323 e. The summed E-state index contributed by atoms with van der Waals surface area (Å²) >= 11 is 0. The summed E-state index contributed by atoms with van der Waals surface area (Å²) in [6.45, 7) is 0.00000298. The number of aromatic nitrogens is 5. The van der Waals surface area contributed by atoms with Gasteiger partial charge in [0.1, 0.15) is 6.67 Å². The predicted molar refractivity (Wildman–Crippen MR) is 153 cm³/mol. The number of amides is 1. The number of hydrogen-bond donors (Lipinski definition) is 2. The molecule has 1 aromatic carbocycles. The van der Waals surface area contributed by atoms with Crippen molar-refractivity contribution in [3.63, 3.8) is 0 Å². The standard InChI is InChI=1S/C24H23N17O/c25-36-31-12-22-21(23(13-32-37-26)41(29)35-22)9-16-1-4-19(5-2-16)40(28)24(42)6-3-17-10-30-8-7-20(17)18-11-34-39(14-18)15-33-38-27/h1-8,10-11,14H,9,12-13,15,28-29H2/b6-3+. The molecule has 18 nitrogen and oxygen atoms in total. The zero-order valence-electron chi connectivity index (χ0n) is 22.0. The number of carbonyl (C=O) groups excluding carboxylic acids is 1. The molecule has 0 bridgehead atoms. The van der Waals surface area contributed by atoms with Crippen LogP contribution in [0.2, 0.25) is 0 Å². The van der Waals surface area contributed by atoms with Crippen LogP contribution in [0.25, 0.3) is 48.5 Å². The van der Waals surface area contributed by atoms with Crippen LogP contribution in [-0.4, -0.2) is 30.6 Å². The second-order valence-corrected chi connectivity index (χ2v) is 8.58. The van der Waals surface area contributed by atoms with E-state index in [4.69, 9.17) is 28.3 Å². The molecule has 0 aliphatic carbocycles. The molecule has 3 aromatic heterocycles. The first-order valence-corrected chi connectivity index (χ1v) is 12.1. The number of nitrogens with zero attached hydrogens (tertiary/aromatic N) is 15. The minimum Gasteiger partial charge on any atom is -0.323 e. The third-order valence-corrected chi connectivity index (χ3v) is 6.07. The number of rotatable bonds is 12. The van der Waals surface area contributed by atoms with Crippen LogP contribution in [0.15, 0.2) is 76.5 Å². The maximum absolute atomic E-state index is 12.9. The van der Waals surface area contributed by atoms with Gasteiger partial charge in [-0.15, -0.1) is 0 Å². The molecule has 18 heteroatoms. The summed E-state index contributed by atoms with van der Waals surface area (Å²) in [6, 6.07) is 8.70. The van der Waals surface area contributed by atoms with Crippen LogP contribution in [0, 0.1) is 0 Å². The first kappa shape index (κ1) is 28.7. The van der Waals surface area contributed by atoms with Crippen molar-refractivity contribution >= 4 is 17.7 Å². The number of benzene rings is 1. The van der Waals surface area contributed by atoms with Crippen molar-refractivity contribution in [2.45, 2.75) is 26.2 Å². The van der Waals surface area contributed by atoms with E-state index in [2.05, 4.69) is 45.3 Å². The Kier molecular flexibility index (Phi) is 9.33. The van der Waals surface area contributed by atoms with Crippen LogP contribution in [-0.2, 0) is 31.0 Å². The minimum absolute atomic E-state index is 0.0223. The van der Waals surface area contributed by atoms with Gasteiger partial charge < -0.3 is 5.84 Å². The highest BCUT2D eigenvalue weighted by atomic mass is 16.2. The number of hydrogen-bond acceptors (Lipinski definition) is 9. The lowest BCUT2D eigenvalue weighted by Crippen LogP contribution is -2.36. The zero-order chi connectivity index (χ0) is 29.9. The molecule has 0 radical (unpaired) electrons. The van der Waals surface area contributed by atoms with Gasteiger partial charge >= 0.3 is 0 Å².